The summed E-state index contributed by atoms with van der Waals surface area (Å²) in [5.74, 6) is 1.70. The first-order chi connectivity index (χ1) is 8.69. The first kappa shape index (κ1) is 11.8. The quantitative estimate of drug-likeness (QED) is 0.848. The highest BCUT2D eigenvalue weighted by atomic mass is 35.5. The first-order valence-corrected chi connectivity index (χ1v) is 6.70. The largest absolute Gasteiger partial charge is 0.338 e. The molecule has 2 aromatic rings. The van der Waals surface area contributed by atoms with E-state index in [1.807, 2.05) is 0 Å². The molecule has 1 aliphatic heterocycles. The van der Waals surface area contributed by atoms with Crippen LogP contribution in [0.3, 0.4) is 0 Å². The number of halogens is 2. The van der Waals surface area contributed by atoms with Gasteiger partial charge in [-0.2, -0.15) is 0 Å². The number of imidazole rings is 1. The van der Waals surface area contributed by atoms with Crippen molar-refractivity contribution in [1.29, 1.82) is 0 Å². The summed E-state index contributed by atoms with van der Waals surface area (Å²) in [6.45, 7) is 3.15. The minimum absolute atomic E-state index is 0.249. The Labute approximate surface area is 110 Å². The van der Waals surface area contributed by atoms with E-state index < -0.39 is 0 Å². The van der Waals surface area contributed by atoms with Crippen LogP contribution in [-0.4, -0.2) is 28.4 Å². The van der Waals surface area contributed by atoms with Crippen LogP contribution in [0.2, 0.25) is 0 Å². The number of aromatic amines is 1. The lowest BCUT2D eigenvalue weighted by Crippen LogP contribution is -2.34. The predicted octanol–water partition coefficient (Wildman–Crippen LogP) is 3.16. The van der Waals surface area contributed by atoms with Crippen LogP contribution in [-0.2, 0) is 0 Å². The highest BCUT2D eigenvalue weighted by molar-refractivity contribution is 6.18. The molecule has 1 aliphatic rings. The molecule has 1 aromatic heterocycles. The maximum Gasteiger partial charge on any atom is 0.204 e. The standard InChI is InChI=1S/C13H15ClFN3/c1-8-4-5-18(12(8)7-14)13-16-10-3-2-9(15)6-11(10)17-13/h2-3,6,8,12H,4-5,7H2,1H3,(H,16,17). The molecule has 0 amide bonds. The van der Waals surface area contributed by atoms with Gasteiger partial charge in [0.15, 0.2) is 0 Å². The molecule has 2 heterocycles. The smallest absolute Gasteiger partial charge is 0.204 e. The number of fused-ring (bicyclic) bond motifs is 1. The third-order valence-electron chi connectivity index (χ3n) is 3.74. The Hall–Kier alpha value is -1.29. The summed E-state index contributed by atoms with van der Waals surface area (Å²) in [4.78, 5) is 9.88. The molecule has 0 spiro atoms. The second-order valence-corrected chi connectivity index (χ2v) is 5.21. The number of alkyl halides is 1. The molecule has 3 nitrogen and oxygen atoms in total. The van der Waals surface area contributed by atoms with Crippen molar-refractivity contribution in [2.75, 3.05) is 17.3 Å². The van der Waals surface area contributed by atoms with E-state index >= 15 is 0 Å². The van der Waals surface area contributed by atoms with E-state index in [0.717, 1.165) is 29.9 Å². The molecule has 1 N–H and O–H groups in total. The Morgan fingerprint density at radius 1 is 1.56 bits per heavy atom. The molecule has 0 bridgehead atoms. The van der Waals surface area contributed by atoms with Crippen molar-refractivity contribution < 1.29 is 4.39 Å². The highest BCUT2D eigenvalue weighted by Gasteiger charge is 2.32. The lowest BCUT2D eigenvalue weighted by atomic mass is 10.1. The second kappa shape index (κ2) is 4.43. The minimum Gasteiger partial charge on any atom is -0.338 e. The van der Waals surface area contributed by atoms with Crippen molar-refractivity contribution >= 4 is 28.6 Å². The van der Waals surface area contributed by atoms with Crippen LogP contribution in [0.4, 0.5) is 10.3 Å². The number of aromatic nitrogens is 2. The Kier molecular flexibility index (Phi) is 2.90. The van der Waals surface area contributed by atoms with E-state index in [1.165, 1.54) is 12.1 Å². The van der Waals surface area contributed by atoms with Gasteiger partial charge in [-0.1, -0.05) is 6.92 Å². The van der Waals surface area contributed by atoms with Gasteiger partial charge in [-0.05, 0) is 30.5 Å². The van der Waals surface area contributed by atoms with Crippen LogP contribution < -0.4 is 4.90 Å². The number of benzene rings is 1. The van der Waals surface area contributed by atoms with Gasteiger partial charge in [-0.15, -0.1) is 11.6 Å². The topological polar surface area (TPSA) is 31.9 Å². The molecular formula is C13H15ClFN3. The summed E-state index contributed by atoms with van der Waals surface area (Å²) in [6.07, 6.45) is 1.11. The van der Waals surface area contributed by atoms with Gasteiger partial charge in [0.25, 0.3) is 0 Å². The first-order valence-electron chi connectivity index (χ1n) is 6.17. The zero-order valence-corrected chi connectivity index (χ0v) is 10.9. The Bertz CT molecular complexity index is 568. The zero-order valence-electron chi connectivity index (χ0n) is 10.2. The zero-order chi connectivity index (χ0) is 12.7. The van der Waals surface area contributed by atoms with Gasteiger partial charge in [0.1, 0.15) is 5.82 Å². The van der Waals surface area contributed by atoms with Gasteiger partial charge in [-0.3, -0.25) is 0 Å². The third kappa shape index (κ3) is 1.85. The van der Waals surface area contributed by atoms with Gasteiger partial charge in [0.05, 0.1) is 11.0 Å². The van der Waals surface area contributed by atoms with Crippen LogP contribution >= 0.6 is 11.6 Å². The molecule has 1 fully saturated rings. The lowest BCUT2D eigenvalue weighted by Gasteiger charge is -2.24. The Morgan fingerprint density at radius 3 is 3.17 bits per heavy atom. The average Bonchev–Trinajstić information content (AvgIpc) is 2.91. The van der Waals surface area contributed by atoms with Crippen LogP contribution in [0.15, 0.2) is 18.2 Å². The lowest BCUT2D eigenvalue weighted by molar-refractivity contribution is 0.547. The number of H-pyrrole nitrogens is 1. The summed E-state index contributed by atoms with van der Waals surface area (Å²) in [5.41, 5.74) is 1.53. The molecule has 1 aromatic carbocycles. The summed E-state index contributed by atoms with van der Waals surface area (Å²) in [7, 11) is 0. The molecule has 5 heteroatoms. The number of hydrogen-bond acceptors (Lipinski definition) is 2. The summed E-state index contributed by atoms with van der Waals surface area (Å²) in [5, 5.41) is 0. The molecular weight excluding hydrogens is 253 g/mol. The van der Waals surface area contributed by atoms with Crippen LogP contribution in [0.5, 0.6) is 0 Å². The fourth-order valence-corrected chi connectivity index (χ4v) is 3.08. The molecule has 0 radical (unpaired) electrons. The number of anilines is 1. The number of rotatable bonds is 2. The van der Waals surface area contributed by atoms with Crippen LogP contribution in [0.1, 0.15) is 13.3 Å². The molecule has 0 aliphatic carbocycles. The maximum atomic E-state index is 13.1. The van der Waals surface area contributed by atoms with E-state index in [9.17, 15) is 4.39 Å². The Morgan fingerprint density at radius 2 is 2.39 bits per heavy atom. The van der Waals surface area contributed by atoms with E-state index in [2.05, 4.69) is 21.8 Å². The summed E-state index contributed by atoms with van der Waals surface area (Å²) < 4.78 is 13.1. The molecule has 2 unspecified atom stereocenters. The predicted molar refractivity (Wildman–Crippen MR) is 71.7 cm³/mol. The Balaban J connectivity index is 1.99. The molecule has 18 heavy (non-hydrogen) atoms. The molecule has 0 saturated carbocycles. The van der Waals surface area contributed by atoms with Gasteiger partial charge in [-0.25, -0.2) is 9.37 Å². The van der Waals surface area contributed by atoms with Crippen molar-refractivity contribution in [3.05, 3.63) is 24.0 Å². The maximum absolute atomic E-state index is 13.1. The van der Waals surface area contributed by atoms with Crippen LogP contribution in [0, 0.1) is 11.7 Å². The normalized spacial score (nSPS) is 24.1. The van der Waals surface area contributed by atoms with Crippen molar-refractivity contribution in [2.45, 2.75) is 19.4 Å². The van der Waals surface area contributed by atoms with Crippen molar-refractivity contribution in [1.82, 2.24) is 9.97 Å². The minimum atomic E-state index is -0.249. The van der Waals surface area contributed by atoms with Gasteiger partial charge < -0.3 is 9.88 Å². The van der Waals surface area contributed by atoms with Crippen molar-refractivity contribution in [3.63, 3.8) is 0 Å². The van der Waals surface area contributed by atoms with E-state index in [1.54, 1.807) is 6.07 Å². The van der Waals surface area contributed by atoms with Gasteiger partial charge in [0, 0.05) is 18.5 Å². The number of nitrogens with zero attached hydrogens (tertiary/aromatic N) is 2. The van der Waals surface area contributed by atoms with E-state index in [0.29, 0.717) is 17.8 Å². The third-order valence-corrected chi connectivity index (χ3v) is 4.06. The molecule has 3 rings (SSSR count). The number of nitrogens with one attached hydrogen (secondary N) is 1. The van der Waals surface area contributed by atoms with E-state index in [-0.39, 0.29) is 5.82 Å². The fourth-order valence-electron chi connectivity index (χ4n) is 2.61. The highest BCUT2D eigenvalue weighted by Crippen LogP contribution is 2.29. The second-order valence-electron chi connectivity index (χ2n) is 4.90. The van der Waals surface area contributed by atoms with Gasteiger partial charge >= 0.3 is 0 Å². The van der Waals surface area contributed by atoms with Gasteiger partial charge in [0.2, 0.25) is 5.95 Å². The van der Waals surface area contributed by atoms with E-state index in [4.69, 9.17) is 11.6 Å². The van der Waals surface area contributed by atoms with Crippen LogP contribution in [0.25, 0.3) is 11.0 Å². The average molecular weight is 268 g/mol. The monoisotopic (exact) mass is 267 g/mol. The number of hydrogen-bond donors (Lipinski definition) is 1. The molecule has 2 atom stereocenters. The van der Waals surface area contributed by atoms with Crippen molar-refractivity contribution in [3.8, 4) is 0 Å². The van der Waals surface area contributed by atoms with Crippen molar-refractivity contribution in [2.24, 2.45) is 5.92 Å². The summed E-state index contributed by atoms with van der Waals surface area (Å²) in [6, 6.07) is 4.90. The molecule has 96 valence electrons. The molecule has 1 saturated heterocycles. The fraction of sp³-hybridized carbons (Fsp3) is 0.462. The SMILES string of the molecule is CC1CCN(c2nc3ccc(F)cc3[nH]2)C1CCl. The summed E-state index contributed by atoms with van der Waals surface area (Å²) >= 11 is 6.03.